The van der Waals surface area contributed by atoms with Gasteiger partial charge in [0.1, 0.15) is 0 Å². The van der Waals surface area contributed by atoms with Gasteiger partial charge in [0.15, 0.2) is 0 Å². The molecular formula is C19H25N3O5S. The van der Waals surface area contributed by atoms with Gasteiger partial charge >= 0.3 is 0 Å². The highest BCUT2D eigenvalue weighted by molar-refractivity contribution is 7.89. The summed E-state index contributed by atoms with van der Waals surface area (Å²) in [4.78, 5) is 29.8. The number of hydrogen-bond donors (Lipinski definition) is 1. The lowest BCUT2D eigenvalue weighted by Crippen LogP contribution is -2.47. The number of fused-ring (bicyclic) bond motifs is 2. The molecule has 1 aromatic carbocycles. The van der Waals surface area contributed by atoms with E-state index in [0.29, 0.717) is 44.0 Å². The highest BCUT2D eigenvalue weighted by atomic mass is 32.2. The van der Waals surface area contributed by atoms with Crippen LogP contribution in [0.2, 0.25) is 0 Å². The molecule has 152 valence electrons. The predicted molar refractivity (Wildman–Crippen MR) is 101 cm³/mol. The molecule has 4 rings (SSSR count). The number of amides is 2. The number of nitrogens with two attached hydrogens (primary N) is 1. The summed E-state index contributed by atoms with van der Waals surface area (Å²) < 4.78 is 28.7. The zero-order valence-electron chi connectivity index (χ0n) is 15.8. The number of piperidine rings is 1. The molecule has 2 N–H and O–H groups in total. The molecule has 2 saturated heterocycles. The van der Waals surface area contributed by atoms with Crippen LogP contribution in [0.5, 0.6) is 0 Å². The van der Waals surface area contributed by atoms with Crippen molar-refractivity contribution in [3.8, 4) is 0 Å². The quantitative estimate of drug-likeness (QED) is 0.778. The molecule has 9 heteroatoms. The van der Waals surface area contributed by atoms with Crippen LogP contribution < -0.4 is 5.14 Å². The van der Waals surface area contributed by atoms with Gasteiger partial charge in [0.25, 0.3) is 5.91 Å². The zero-order valence-corrected chi connectivity index (χ0v) is 16.7. The van der Waals surface area contributed by atoms with Crippen LogP contribution >= 0.6 is 0 Å². The van der Waals surface area contributed by atoms with E-state index in [-0.39, 0.29) is 34.6 Å². The number of nitrogens with zero attached hydrogens (tertiary/aromatic N) is 2. The average Bonchev–Trinajstić information content (AvgIpc) is 3.25. The highest BCUT2D eigenvalue weighted by Gasteiger charge is 2.53. The molecule has 1 aliphatic carbocycles. The fourth-order valence-corrected chi connectivity index (χ4v) is 5.30. The number of aryl methyl sites for hydroxylation is 1. The Morgan fingerprint density at radius 2 is 1.89 bits per heavy atom. The third-order valence-electron chi connectivity index (χ3n) is 6.22. The second-order valence-electron chi connectivity index (χ2n) is 7.85. The lowest BCUT2D eigenvalue weighted by Gasteiger charge is -2.31. The van der Waals surface area contributed by atoms with Crippen molar-refractivity contribution in [1.82, 2.24) is 9.80 Å². The van der Waals surface area contributed by atoms with Crippen LogP contribution in [0.15, 0.2) is 23.1 Å². The Bertz CT molecular complexity index is 910. The largest absolute Gasteiger partial charge is 0.378 e. The average molecular weight is 407 g/mol. The Morgan fingerprint density at radius 3 is 2.57 bits per heavy atom. The monoisotopic (exact) mass is 407 g/mol. The van der Waals surface area contributed by atoms with E-state index in [1.807, 2.05) is 4.90 Å². The molecule has 0 aromatic heterocycles. The Morgan fingerprint density at radius 1 is 1.18 bits per heavy atom. The van der Waals surface area contributed by atoms with Gasteiger partial charge in [-0.3, -0.25) is 9.59 Å². The van der Waals surface area contributed by atoms with Crippen LogP contribution in [0.3, 0.4) is 0 Å². The molecule has 0 radical (unpaired) electrons. The van der Waals surface area contributed by atoms with Gasteiger partial charge < -0.3 is 14.5 Å². The van der Waals surface area contributed by atoms with E-state index in [1.54, 1.807) is 17.9 Å². The number of ether oxygens (including phenoxy) is 1. The van der Waals surface area contributed by atoms with Crippen LogP contribution in [0.1, 0.15) is 28.8 Å². The zero-order chi connectivity index (χ0) is 20.1. The van der Waals surface area contributed by atoms with Crippen molar-refractivity contribution in [2.45, 2.75) is 30.7 Å². The Hall–Kier alpha value is -1.97. The molecule has 1 aromatic rings. The molecule has 2 aliphatic heterocycles. The first-order valence-corrected chi connectivity index (χ1v) is 11.1. The van der Waals surface area contributed by atoms with Crippen LogP contribution in [0.4, 0.5) is 0 Å². The standard InChI is InChI=1S/C19H25N3O5S/c1-12-2-4-14(28(20,25)26)10-15(12)18(23)22-11-13-3-5-16(22)17(13)19(24)21-6-8-27-9-7-21/h2,4,10,13,16-17H,3,5-9,11H2,1H3,(H2,20,25,26)/t13-,16-,17+/m0/s1. The van der Waals surface area contributed by atoms with Gasteiger partial charge in [0, 0.05) is 31.2 Å². The van der Waals surface area contributed by atoms with Gasteiger partial charge in [-0.1, -0.05) is 6.07 Å². The van der Waals surface area contributed by atoms with Gasteiger partial charge in [-0.2, -0.15) is 0 Å². The van der Waals surface area contributed by atoms with Crippen molar-refractivity contribution < 1.29 is 22.7 Å². The molecule has 8 nitrogen and oxygen atoms in total. The number of likely N-dealkylation sites (tertiary alicyclic amines) is 1. The van der Waals surface area contributed by atoms with Crippen molar-refractivity contribution in [2.75, 3.05) is 32.8 Å². The number of hydrogen-bond acceptors (Lipinski definition) is 5. The third kappa shape index (κ3) is 3.31. The summed E-state index contributed by atoms with van der Waals surface area (Å²) >= 11 is 0. The van der Waals surface area contributed by atoms with E-state index >= 15 is 0 Å². The molecule has 0 unspecified atom stereocenters. The molecule has 3 fully saturated rings. The smallest absolute Gasteiger partial charge is 0.254 e. The van der Waals surface area contributed by atoms with E-state index in [9.17, 15) is 18.0 Å². The predicted octanol–water partition coefficient (Wildman–Crippen LogP) is 0.352. The maximum absolute atomic E-state index is 13.2. The topological polar surface area (TPSA) is 110 Å². The third-order valence-corrected chi connectivity index (χ3v) is 7.13. The van der Waals surface area contributed by atoms with Crippen LogP contribution in [0, 0.1) is 18.8 Å². The SMILES string of the molecule is Cc1ccc(S(N)(=O)=O)cc1C(=O)N1C[C@@H]2CC[C@H]1[C@@H]2C(=O)N1CCOCC1. The van der Waals surface area contributed by atoms with Gasteiger partial charge in [-0.15, -0.1) is 0 Å². The summed E-state index contributed by atoms with van der Waals surface area (Å²) in [7, 11) is -3.89. The number of rotatable bonds is 3. The Labute approximate surface area is 164 Å². The van der Waals surface area contributed by atoms with E-state index in [1.165, 1.54) is 12.1 Å². The van der Waals surface area contributed by atoms with Gasteiger partial charge in [-0.25, -0.2) is 13.6 Å². The first-order valence-electron chi connectivity index (χ1n) is 9.58. The van der Waals surface area contributed by atoms with Crippen molar-refractivity contribution >= 4 is 21.8 Å². The molecule has 2 amide bonds. The number of morpholine rings is 1. The van der Waals surface area contributed by atoms with E-state index < -0.39 is 10.0 Å². The number of primary sulfonamides is 1. The summed E-state index contributed by atoms with van der Waals surface area (Å²) in [5, 5.41) is 5.22. The van der Waals surface area contributed by atoms with Crippen molar-refractivity contribution in [3.63, 3.8) is 0 Å². The second-order valence-corrected chi connectivity index (χ2v) is 9.41. The Balaban J connectivity index is 1.58. The van der Waals surface area contributed by atoms with Crippen molar-refractivity contribution in [3.05, 3.63) is 29.3 Å². The van der Waals surface area contributed by atoms with Crippen LogP contribution in [0.25, 0.3) is 0 Å². The molecule has 3 aliphatic rings. The molecule has 2 bridgehead atoms. The Kier molecular flexibility index (Phi) is 4.93. The van der Waals surface area contributed by atoms with Crippen molar-refractivity contribution in [2.24, 2.45) is 17.0 Å². The van der Waals surface area contributed by atoms with E-state index in [4.69, 9.17) is 9.88 Å². The molecular weight excluding hydrogens is 382 g/mol. The minimum absolute atomic E-state index is 0.0771. The lowest BCUT2D eigenvalue weighted by molar-refractivity contribution is -0.140. The summed E-state index contributed by atoms with van der Waals surface area (Å²) in [6.07, 6.45) is 1.73. The fourth-order valence-electron chi connectivity index (χ4n) is 4.76. The van der Waals surface area contributed by atoms with Gasteiger partial charge in [-0.05, 0) is 43.4 Å². The first-order chi connectivity index (χ1) is 13.3. The minimum Gasteiger partial charge on any atom is -0.378 e. The maximum atomic E-state index is 13.2. The number of carbonyl (C=O) groups excluding carboxylic acids is 2. The van der Waals surface area contributed by atoms with Crippen LogP contribution in [-0.2, 0) is 19.6 Å². The van der Waals surface area contributed by atoms with E-state index in [2.05, 4.69) is 0 Å². The lowest BCUT2D eigenvalue weighted by atomic mass is 9.96. The van der Waals surface area contributed by atoms with Gasteiger partial charge in [0.05, 0.1) is 24.0 Å². The number of benzene rings is 1. The second kappa shape index (κ2) is 7.13. The fraction of sp³-hybridized carbons (Fsp3) is 0.579. The molecule has 3 atom stereocenters. The summed E-state index contributed by atoms with van der Waals surface area (Å²) in [6.45, 7) is 4.59. The summed E-state index contributed by atoms with van der Waals surface area (Å²) in [6, 6.07) is 4.21. The van der Waals surface area contributed by atoms with Gasteiger partial charge in [0.2, 0.25) is 15.9 Å². The summed E-state index contributed by atoms with van der Waals surface area (Å²) in [5.41, 5.74) is 1.02. The van der Waals surface area contributed by atoms with E-state index in [0.717, 1.165) is 12.8 Å². The first kappa shape index (κ1) is 19.4. The normalized spacial score (nSPS) is 27.3. The highest BCUT2D eigenvalue weighted by Crippen LogP contribution is 2.44. The van der Waals surface area contributed by atoms with Crippen LogP contribution in [-0.4, -0.2) is 68.9 Å². The molecule has 2 heterocycles. The molecule has 28 heavy (non-hydrogen) atoms. The summed E-state index contributed by atoms with van der Waals surface area (Å²) in [5.74, 6) is -0.133. The van der Waals surface area contributed by atoms with Crippen molar-refractivity contribution in [1.29, 1.82) is 0 Å². The number of carbonyl (C=O) groups is 2. The number of sulfonamides is 1. The maximum Gasteiger partial charge on any atom is 0.254 e. The minimum atomic E-state index is -3.89. The molecule has 1 saturated carbocycles. The molecule has 0 spiro atoms.